The molecular weight excluding hydrogens is 226 g/mol. The van der Waals surface area contributed by atoms with Crippen molar-refractivity contribution in [3.05, 3.63) is 0 Å². The quantitative estimate of drug-likeness (QED) is 0.837. The van der Waals surface area contributed by atoms with Gasteiger partial charge in [0.15, 0.2) is 0 Å². The Balaban J connectivity index is 1.62. The SMILES string of the molecule is CCCC1CCC(O)C(N2CC3CCC(C2)O3)C1. The summed E-state index contributed by atoms with van der Waals surface area (Å²) in [6.45, 7) is 4.38. The molecule has 1 N–H and O–H groups in total. The predicted molar refractivity (Wildman–Crippen MR) is 71.5 cm³/mol. The maximum Gasteiger partial charge on any atom is 0.0707 e. The van der Waals surface area contributed by atoms with Crippen molar-refractivity contribution < 1.29 is 9.84 Å². The second kappa shape index (κ2) is 5.48. The Morgan fingerprint density at radius 1 is 1.11 bits per heavy atom. The van der Waals surface area contributed by atoms with E-state index < -0.39 is 0 Å². The average Bonchev–Trinajstić information content (AvgIpc) is 2.71. The molecule has 0 aromatic carbocycles. The molecule has 3 rings (SSSR count). The van der Waals surface area contributed by atoms with E-state index in [0.717, 1.165) is 25.4 Å². The van der Waals surface area contributed by atoms with Gasteiger partial charge in [0.2, 0.25) is 0 Å². The molecule has 18 heavy (non-hydrogen) atoms. The Hall–Kier alpha value is -0.120. The van der Waals surface area contributed by atoms with E-state index in [1.165, 1.54) is 38.5 Å². The van der Waals surface area contributed by atoms with Gasteiger partial charge in [0, 0.05) is 19.1 Å². The summed E-state index contributed by atoms with van der Waals surface area (Å²) in [5, 5.41) is 10.3. The summed E-state index contributed by atoms with van der Waals surface area (Å²) in [6.07, 6.45) is 9.28. The highest BCUT2D eigenvalue weighted by molar-refractivity contribution is 4.93. The summed E-state index contributed by atoms with van der Waals surface area (Å²) in [6, 6.07) is 0.405. The molecule has 0 radical (unpaired) electrons. The first-order valence-corrected chi connectivity index (χ1v) is 7.83. The third-order valence-corrected chi connectivity index (χ3v) is 5.13. The monoisotopic (exact) mass is 253 g/mol. The van der Waals surface area contributed by atoms with Gasteiger partial charge in [-0.25, -0.2) is 0 Å². The van der Waals surface area contributed by atoms with Crippen LogP contribution in [0.3, 0.4) is 0 Å². The molecule has 5 atom stereocenters. The van der Waals surface area contributed by atoms with Gasteiger partial charge in [0.1, 0.15) is 0 Å². The first kappa shape index (κ1) is 12.9. The topological polar surface area (TPSA) is 32.7 Å². The molecule has 1 aliphatic carbocycles. The van der Waals surface area contributed by atoms with Crippen LogP contribution < -0.4 is 0 Å². The number of likely N-dealkylation sites (tertiary alicyclic amines) is 1. The zero-order valence-corrected chi connectivity index (χ0v) is 11.6. The molecule has 2 bridgehead atoms. The molecule has 2 heterocycles. The van der Waals surface area contributed by atoms with Crippen molar-refractivity contribution in [2.45, 2.75) is 76.2 Å². The fourth-order valence-electron chi connectivity index (χ4n) is 4.20. The van der Waals surface area contributed by atoms with E-state index in [4.69, 9.17) is 4.74 Å². The zero-order valence-electron chi connectivity index (χ0n) is 11.6. The lowest BCUT2D eigenvalue weighted by atomic mass is 9.80. The van der Waals surface area contributed by atoms with E-state index in [2.05, 4.69) is 11.8 Å². The third-order valence-electron chi connectivity index (χ3n) is 5.13. The molecule has 3 aliphatic rings. The molecule has 0 aromatic heterocycles. The number of morpholine rings is 1. The molecule has 0 aromatic rings. The minimum atomic E-state index is -0.101. The first-order chi connectivity index (χ1) is 8.76. The number of ether oxygens (including phenoxy) is 1. The van der Waals surface area contributed by atoms with Crippen molar-refractivity contribution in [2.75, 3.05) is 13.1 Å². The molecule has 5 unspecified atom stereocenters. The molecule has 3 nitrogen and oxygen atoms in total. The van der Waals surface area contributed by atoms with Crippen molar-refractivity contribution >= 4 is 0 Å². The molecule has 2 saturated heterocycles. The van der Waals surface area contributed by atoms with Crippen LogP contribution >= 0.6 is 0 Å². The molecule has 1 saturated carbocycles. The van der Waals surface area contributed by atoms with Crippen LogP contribution in [-0.2, 0) is 4.74 Å². The number of hydrogen-bond donors (Lipinski definition) is 1. The second-order valence-corrected chi connectivity index (χ2v) is 6.51. The number of aliphatic hydroxyl groups is 1. The van der Waals surface area contributed by atoms with Gasteiger partial charge in [0.25, 0.3) is 0 Å². The van der Waals surface area contributed by atoms with E-state index in [1.807, 2.05) is 0 Å². The van der Waals surface area contributed by atoms with Crippen LogP contribution in [0.25, 0.3) is 0 Å². The predicted octanol–water partition coefficient (Wildman–Crippen LogP) is 2.18. The van der Waals surface area contributed by atoms with E-state index in [1.54, 1.807) is 0 Å². The van der Waals surface area contributed by atoms with Crippen molar-refractivity contribution in [1.29, 1.82) is 0 Å². The molecule has 3 heteroatoms. The number of nitrogens with zero attached hydrogens (tertiary/aromatic N) is 1. The normalized spacial score (nSPS) is 45.3. The highest BCUT2D eigenvalue weighted by Gasteiger charge is 2.40. The van der Waals surface area contributed by atoms with E-state index in [-0.39, 0.29) is 6.10 Å². The fraction of sp³-hybridized carbons (Fsp3) is 1.00. The Labute approximate surface area is 110 Å². The lowest BCUT2D eigenvalue weighted by Crippen LogP contribution is -2.54. The van der Waals surface area contributed by atoms with Crippen LogP contribution in [0.1, 0.15) is 51.9 Å². The molecule has 3 fully saturated rings. The maximum absolute atomic E-state index is 10.3. The highest BCUT2D eigenvalue weighted by Crippen LogP contribution is 2.35. The molecule has 0 amide bonds. The first-order valence-electron chi connectivity index (χ1n) is 7.83. The van der Waals surface area contributed by atoms with Crippen molar-refractivity contribution in [3.63, 3.8) is 0 Å². The summed E-state index contributed by atoms with van der Waals surface area (Å²) in [4.78, 5) is 2.54. The van der Waals surface area contributed by atoms with Crippen LogP contribution in [0.15, 0.2) is 0 Å². The summed E-state index contributed by atoms with van der Waals surface area (Å²) in [5.74, 6) is 0.837. The van der Waals surface area contributed by atoms with Gasteiger partial charge in [-0.2, -0.15) is 0 Å². The minimum absolute atomic E-state index is 0.101. The summed E-state index contributed by atoms with van der Waals surface area (Å²) < 4.78 is 5.90. The standard InChI is InChI=1S/C15H27NO2/c1-2-3-11-4-7-15(17)14(8-11)16-9-12-5-6-13(10-16)18-12/h11-15,17H,2-10H2,1H3. The Bertz CT molecular complexity index is 272. The number of rotatable bonds is 3. The van der Waals surface area contributed by atoms with Crippen LogP contribution in [0, 0.1) is 5.92 Å². The Kier molecular flexibility index (Phi) is 3.92. The number of hydrogen-bond acceptors (Lipinski definition) is 3. The van der Waals surface area contributed by atoms with E-state index in [9.17, 15) is 5.11 Å². The molecule has 2 aliphatic heterocycles. The Morgan fingerprint density at radius 2 is 1.83 bits per heavy atom. The van der Waals surface area contributed by atoms with Crippen molar-refractivity contribution in [2.24, 2.45) is 5.92 Å². The lowest BCUT2D eigenvalue weighted by Gasteiger charge is -2.44. The molecule has 0 spiro atoms. The third kappa shape index (κ3) is 2.59. The highest BCUT2D eigenvalue weighted by atomic mass is 16.5. The second-order valence-electron chi connectivity index (χ2n) is 6.51. The van der Waals surface area contributed by atoms with Gasteiger partial charge in [-0.3, -0.25) is 4.90 Å². The van der Waals surface area contributed by atoms with Gasteiger partial charge in [-0.15, -0.1) is 0 Å². The van der Waals surface area contributed by atoms with Crippen LogP contribution in [0.4, 0.5) is 0 Å². The molecular formula is C15H27NO2. The number of fused-ring (bicyclic) bond motifs is 2. The summed E-state index contributed by atoms with van der Waals surface area (Å²) in [5.41, 5.74) is 0. The summed E-state index contributed by atoms with van der Waals surface area (Å²) >= 11 is 0. The van der Waals surface area contributed by atoms with Gasteiger partial charge in [-0.1, -0.05) is 19.8 Å². The van der Waals surface area contributed by atoms with Crippen LogP contribution in [-0.4, -0.2) is 47.4 Å². The van der Waals surface area contributed by atoms with Crippen molar-refractivity contribution in [3.8, 4) is 0 Å². The van der Waals surface area contributed by atoms with Gasteiger partial charge < -0.3 is 9.84 Å². The van der Waals surface area contributed by atoms with Gasteiger partial charge >= 0.3 is 0 Å². The van der Waals surface area contributed by atoms with E-state index >= 15 is 0 Å². The maximum atomic E-state index is 10.3. The lowest BCUT2D eigenvalue weighted by molar-refractivity contribution is -0.0862. The Morgan fingerprint density at radius 3 is 2.50 bits per heavy atom. The van der Waals surface area contributed by atoms with Crippen LogP contribution in [0.2, 0.25) is 0 Å². The smallest absolute Gasteiger partial charge is 0.0707 e. The summed E-state index contributed by atoms with van der Waals surface area (Å²) in [7, 11) is 0. The van der Waals surface area contributed by atoms with Crippen LogP contribution in [0.5, 0.6) is 0 Å². The van der Waals surface area contributed by atoms with Crippen molar-refractivity contribution in [1.82, 2.24) is 4.90 Å². The fourth-order valence-corrected chi connectivity index (χ4v) is 4.20. The van der Waals surface area contributed by atoms with Gasteiger partial charge in [-0.05, 0) is 38.0 Å². The largest absolute Gasteiger partial charge is 0.391 e. The minimum Gasteiger partial charge on any atom is -0.391 e. The van der Waals surface area contributed by atoms with E-state index in [0.29, 0.717) is 18.2 Å². The zero-order chi connectivity index (χ0) is 12.5. The molecule has 104 valence electrons. The average molecular weight is 253 g/mol. The van der Waals surface area contributed by atoms with Gasteiger partial charge in [0.05, 0.1) is 18.3 Å². The number of aliphatic hydroxyl groups excluding tert-OH is 1.